The van der Waals surface area contributed by atoms with Gasteiger partial charge in [0.15, 0.2) is 6.61 Å². The van der Waals surface area contributed by atoms with Crippen LogP contribution in [0.3, 0.4) is 0 Å². The molecule has 2 aromatic carbocycles. The molecule has 1 heterocycles. The van der Waals surface area contributed by atoms with Crippen LogP contribution in [0.25, 0.3) is 0 Å². The number of amides is 2. The Morgan fingerprint density at radius 1 is 1.10 bits per heavy atom. The molecule has 0 saturated carbocycles. The molecule has 0 atom stereocenters. The van der Waals surface area contributed by atoms with Crippen molar-refractivity contribution in [2.45, 2.75) is 6.54 Å². The van der Waals surface area contributed by atoms with Crippen LogP contribution in [-0.4, -0.2) is 72.7 Å². The molecule has 0 aliphatic carbocycles. The summed E-state index contributed by atoms with van der Waals surface area (Å²) in [4.78, 5) is 29.9. The van der Waals surface area contributed by atoms with E-state index in [0.29, 0.717) is 36.2 Å². The Bertz CT molecular complexity index is 913. The Hall–Kier alpha value is -3.06. The Kier molecular flexibility index (Phi) is 6.95. The molecule has 0 unspecified atom stereocenters. The van der Waals surface area contributed by atoms with Crippen LogP contribution in [0.15, 0.2) is 48.5 Å². The molecule has 1 N–H and O–H groups in total. The van der Waals surface area contributed by atoms with Crippen LogP contribution in [0, 0.1) is 5.41 Å². The lowest BCUT2D eigenvalue weighted by atomic mass is 10.1. The van der Waals surface area contributed by atoms with Gasteiger partial charge >= 0.3 is 0 Å². The lowest BCUT2D eigenvalue weighted by Crippen LogP contribution is -2.52. The maximum absolute atomic E-state index is 12.5. The van der Waals surface area contributed by atoms with E-state index in [9.17, 15) is 9.59 Å². The van der Waals surface area contributed by atoms with E-state index in [0.717, 1.165) is 11.1 Å². The minimum Gasteiger partial charge on any atom is -0.484 e. The van der Waals surface area contributed by atoms with Gasteiger partial charge in [0.2, 0.25) is 5.91 Å². The number of piperazine rings is 1. The molecule has 0 spiro atoms. The molecular weight excluding hydrogens is 404 g/mol. The van der Waals surface area contributed by atoms with Gasteiger partial charge in [-0.05, 0) is 29.8 Å². The standard InChI is InChI=1S/C22H25ClN4O3/c1-25(2)22(24)17-5-3-16(4-6-17)13-26-11-12-27(14-20(26)28)21(29)15-30-19-9-7-18(23)8-10-19/h3-10,24H,11-15H2,1-2H3. The Morgan fingerprint density at radius 2 is 1.77 bits per heavy atom. The topological polar surface area (TPSA) is 76.9 Å². The quantitative estimate of drug-likeness (QED) is 0.566. The number of hydrogen-bond donors (Lipinski definition) is 1. The maximum atomic E-state index is 12.5. The highest BCUT2D eigenvalue weighted by Gasteiger charge is 2.27. The molecule has 2 aromatic rings. The van der Waals surface area contributed by atoms with Gasteiger partial charge in [-0.25, -0.2) is 0 Å². The highest BCUT2D eigenvalue weighted by molar-refractivity contribution is 6.30. The number of hydrogen-bond acceptors (Lipinski definition) is 4. The van der Waals surface area contributed by atoms with Crippen LogP contribution in [-0.2, 0) is 16.1 Å². The fraction of sp³-hybridized carbons (Fsp3) is 0.318. The summed E-state index contributed by atoms with van der Waals surface area (Å²) in [6.45, 7) is 1.36. The molecule has 30 heavy (non-hydrogen) atoms. The number of benzene rings is 2. The van der Waals surface area contributed by atoms with Gasteiger partial charge in [0, 0.05) is 44.3 Å². The first-order valence-corrected chi connectivity index (χ1v) is 10.0. The summed E-state index contributed by atoms with van der Waals surface area (Å²) in [7, 11) is 3.66. The average molecular weight is 429 g/mol. The molecule has 1 saturated heterocycles. The lowest BCUT2D eigenvalue weighted by molar-refractivity contribution is -0.146. The van der Waals surface area contributed by atoms with Crippen molar-refractivity contribution in [1.82, 2.24) is 14.7 Å². The van der Waals surface area contributed by atoms with Crippen LogP contribution < -0.4 is 4.74 Å². The van der Waals surface area contributed by atoms with E-state index in [1.807, 2.05) is 38.4 Å². The molecular formula is C22H25ClN4O3. The third-order valence-electron chi connectivity index (χ3n) is 4.90. The van der Waals surface area contributed by atoms with Crippen LogP contribution in [0.4, 0.5) is 0 Å². The second-order valence-electron chi connectivity index (χ2n) is 7.31. The summed E-state index contributed by atoms with van der Waals surface area (Å²) < 4.78 is 5.49. The van der Waals surface area contributed by atoms with E-state index in [-0.39, 0.29) is 25.0 Å². The first-order valence-electron chi connectivity index (χ1n) is 9.62. The smallest absolute Gasteiger partial charge is 0.261 e. The van der Waals surface area contributed by atoms with Gasteiger partial charge in [-0.2, -0.15) is 0 Å². The summed E-state index contributed by atoms with van der Waals surface area (Å²) in [5.41, 5.74) is 1.82. The molecule has 2 amide bonds. The number of amidine groups is 1. The van der Waals surface area contributed by atoms with Crippen LogP contribution in [0.5, 0.6) is 5.75 Å². The number of rotatable bonds is 6. The number of carbonyl (C=O) groups is 2. The number of nitrogens with one attached hydrogen (secondary N) is 1. The fourth-order valence-electron chi connectivity index (χ4n) is 3.10. The number of ether oxygens (including phenoxy) is 1. The summed E-state index contributed by atoms with van der Waals surface area (Å²) in [6, 6.07) is 14.4. The summed E-state index contributed by atoms with van der Waals surface area (Å²) in [5, 5.41) is 8.61. The van der Waals surface area contributed by atoms with Crippen LogP contribution in [0.1, 0.15) is 11.1 Å². The molecule has 0 aromatic heterocycles. The molecule has 158 valence electrons. The minimum atomic E-state index is -0.218. The van der Waals surface area contributed by atoms with Gasteiger partial charge in [0.05, 0.1) is 6.54 Å². The largest absolute Gasteiger partial charge is 0.484 e. The molecule has 8 heteroatoms. The van der Waals surface area contributed by atoms with Crippen molar-refractivity contribution in [1.29, 1.82) is 5.41 Å². The van der Waals surface area contributed by atoms with E-state index in [2.05, 4.69) is 0 Å². The molecule has 0 radical (unpaired) electrons. The van der Waals surface area contributed by atoms with Crippen molar-refractivity contribution in [3.63, 3.8) is 0 Å². The molecule has 1 fully saturated rings. The predicted molar refractivity (Wildman–Crippen MR) is 116 cm³/mol. The van der Waals surface area contributed by atoms with Crippen molar-refractivity contribution in [2.24, 2.45) is 0 Å². The molecule has 1 aliphatic rings. The van der Waals surface area contributed by atoms with Crippen LogP contribution in [0.2, 0.25) is 5.02 Å². The second-order valence-corrected chi connectivity index (χ2v) is 7.75. The van der Waals surface area contributed by atoms with E-state index in [1.54, 1.807) is 34.1 Å². The Labute approximate surface area is 181 Å². The predicted octanol–water partition coefficient (Wildman–Crippen LogP) is 2.48. The van der Waals surface area contributed by atoms with Crippen molar-refractivity contribution >= 4 is 29.3 Å². The summed E-state index contributed by atoms with van der Waals surface area (Å²) in [6.07, 6.45) is 0. The zero-order valence-corrected chi connectivity index (χ0v) is 17.9. The molecule has 7 nitrogen and oxygen atoms in total. The van der Waals surface area contributed by atoms with Gasteiger partial charge < -0.3 is 19.4 Å². The van der Waals surface area contributed by atoms with Gasteiger partial charge in [-0.1, -0.05) is 35.9 Å². The molecule has 3 rings (SSSR count). The zero-order valence-electron chi connectivity index (χ0n) is 17.1. The number of carbonyl (C=O) groups excluding carboxylic acids is 2. The zero-order chi connectivity index (χ0) is 21.7. The van der Waals surface area contributed by atoms with E-state index >= 15 is 0 Å². The van der Waals surface area contributed by atoms with Gasteiger partial charge in [-0.15, -0.1) is 0 Å². The molecule has 1 aliphatic heterocycles. The van der Waals surface area contributed by atoms with Crippen molar-refractivity contribution in [3.8, 4) is 5.75 Å². The van der Waals surface area contributed by atoms with Crippen molar-refractivity contribution in [3.05, 3.63) is 64.7 Å². The number of halogens is 1. The lowest BCUT2D eigenvalue weighted by Gasteiger charge is -2.34. The maximum Gasteiger partial charge on any atom is 0.261 e. The number of nitrogens with zero attached hydrogens (tertiary/aromatic N) is 3. The Balaban J connectivity index is 1.49. The van der Waals surface area contributed by atoms with E-state index in [4.69, 9.17) is 21.7 Å². The van der Waals surface area contributed by atoms with Crippen molar-refractivity contribution < 1.29 is 14.3 Å². The summed E-state index contributed by atoms with van der Waals surface area (Å²) in [5.74, 6) is 0.685. The van der Waals surface area contributed by atoms with E-state index in [1.165, 1.54) is 4.90 Å². The normalized spacial score (nSPS) is 13.9. The fourth-order valence-corrected chi connectivity index (χ4v) is 3.23. The second kappa shape index (κ2) is 9.63. The summed E-state index contributed by atoms with van der Waals surface area (Å²) >= 11 is 5.83. The van der Waals surface area contributed by atoms with Gasteiger partial charge in [-0.3, -0.25) is 15.0 Å². The van der Waals surface area contributed by atoms with Crippen molar-refractivity contribution in [2.75, 3.05) is 40.3 Å². The monoisotopic (exact) mass is 428 g/mol. The third kappa shape index (κ3) is 5.51. The first-order chi connectivity index (χ1) is 14.3. The van der Waals surface area contributed by atoms with Gasteiger partial charge in [0.1, 0.15) is 11.6 Å². The third-order valence-corrected chi connectivity index (χ3v) is 5.15. The highest BCUT2D eigenvalue weighted by atomic mass is 35.5. The Morgan fingerprint density at radius 3 is 2.37 bits per heavy atom. The SMILES string of the molecule is CN(C)C(=N)c1ccc(CN2CCN(C(=O)COc3ccc(Cl)cc3)CC2=O)cc1. The average Bonchev–Trinajstić information content (AvgIpc) is 2.74. The highest BCUT2D eigenvalue weighted by Crippen LogP contribution is 2.16. The first kappa shape index (κ1) is 21.6. The molecule has 0 bridgehead atoms. The van der Waals surface area contributed by atoms with Gasteiger partial charge in [0.25, 0.3) is 5.91 Å². The van der Waals surface area contributed by atoms with E-state index < -0.39 is 0 Å². The van der Waals surface area contributed by atoms with Crippen LogP contribution >= 0.6 is 11.6 Å². The minimum absolute atomic E-state index is 0.0478.